The molecule has 0 aliphatic carbocycles. The fourth-order valence-corrected chi connectivity index (χ4v) is 4.51. The predicted molar refractivity (Wildman–Crippen MR) is 112 cm³/mol. The number of ether oxygens (including phenoxy) is 2. The quantitative estimate of drug-likeness (QED) is 0.486. The fraction of sp³-hybridized carbons (Fsp3) is 0.500. The highest BCUT2D eigenvalue weighted by Crippen LogP contribution is 2.43. The van der Waals surface area contributed by atoms with Crippen molar-refractivity contribution in [1.29, 1.82) is 0 Å². The van der Waals surface area contributed by atoms with Crippen LogP contribution in [0, 0.1) is 3.57 Å². The molecule has 0 unspecified atom stereocenters. The van der Waals surface area contributed by atoms with Gasteiger partial charge < -0.3 is 18.9 Å². The third-order valence-electron chi connectivity index (χ3n) is 4.11. The number of nitrogens with zero attached hydrogens (tertiary/aromatic N) is 2. The Hall–Kier alpha value is -0.860. The normalized spacial score (nSPS) is 14.5. The van der Waals surface area contributed by atoms with Gasteiger partial charge in [0.15, 0.2) is 0 Å². The van der Waals surface area contributed by atoms with E-state index in [0.29, 0.717) is 42.0 Å². The molecule has 2 heterocycles. The zero-order valence-electron chi connectivity index (χ0n) is 15.2. The summed E-state index contributed by atoms with van der Waals surface area (Å²) in [4.78, 5) is 14.2. The monoisotopic (exact) mass is 510 g/mol. The summed E-state index contributed by atoms with van der Waals surface area (Å²) in [5.74, 6) is 0.715. The lowest BCUT2D eigenvalue weighted by Gasteiger charge is -2.31. The van der Waals surface area contributed by atoms with E-state index in [-0.39, 0.29) is 6.09 Å². The van der Waals surface area contributed by atoms with Gasteiger partial charge in [-0.1, -0.05) is 23.2 Å². The Balaban J connectivity index is 2.07. The van der Waals surface area contributed by atoms with Crippen molar-refractivity contribution in [2.45, 2.75) is 46.4 Å². The summed E-state index contributed by atoms with van der Waals surface area (Å²) in [5.41, 5.74) is 1.36. The van der Waals surface area contributed by atoms with Gasteiger partial charge >= 0.3 is 6.09 Å². The first kappa shape index (κ1) is 19.9. The van der Waals surface area contributed by atoms with Crippen LogP contribution in [0.15, 0.2) is 6.07 Å². The minimum Gasteiger partial charge on any atom is -0.493 e. The number of carbonyl (C=O) groups is 1. The van der Waals surface area contributed by atoms with Gasteiger partial charge in [-0.05, 0) is 50.3 Å². The van der Waals surface area contributed by atoms with Gasteiger partial charge in [-0.2, -0.15) is 0 Å². The van der Waals surface area contributed by atoms with Crippen LogP contribution in [-0.4, -0.2) is 34.3 Å². The third kappa shape index (κ3) is 3.60. The zero-order valence-corrected chi connectivity index (χ0v) is 18.8. The maximum atomic E-state index is 12.5. The molecule has 0 fully saturated rings. The van der Waals surface area contributed by atoms with E-state index in [0.717, 1.165) is 20.2 Å². The number of fused-ring (bicyclic) bond motifs is 3. The van der Waals surface area contributed by atoms with Crippen LogP contribution >= 0.6 is 45.8 Å². The second-order valence-electron chi connectivity index (χ2n) is 7.14. The smallest absolute Gasteiger partial charge is 0.410 e. The number of carbonyl (C=O) groups excluding carboxylic acids is 1. The van der Waals surface area contributed by atoms with Crippen LogP contribution in [0.2, 0.25) is 10.0 Å². The minimum absolute atomic E-state index is 0.307. The largest absolute Gasteiger partial charge is 0.493 e. The molecule has 1 amide bonds. The van der Waals surface area contributed by atoms with Gasteiger partial charge in [0.1, 0.15) is 11.4 Å². The van der Waals surface area contributed by atoms with E-state index in [4.69, 9.17) is 32.7 Å². The molecular formula is C18H21Cl2IN2O3. The summed E-state index contributed by atoms with van der Waals surface area (Å²) >= 11 is 15.1. The molecule has 1 aromatic heterocycles. The molecule has 0 radical (unpaired) electrons. The van der Waals surface area contributed by atoms with Gasteiger partial charge in [-0.15, -0.1) is 0 Å². The summed E-state index contributed by atoms with van der Waals surface area (Å²) in [6.07, 6.45) is -0.307. The summed E-state index contributed by atoms with van der Waals surface area (Å²) in [7, 11) is 0. The van der Waals surface area contributed by atoms with Crippen molar-refractivity contribution in [3.63, 3.8) is 0 Å². The van der Waals surface area contributed by atoms with Crippen LogP contribution in [0.4, 0.5) is 4.79 Å². The Morgan fingerprint density at radius 3 is 2.62 bits per heavy atom. The summed E-state index contributed by atoms with van der Waals surface area (Å²) in [5, 5.41) is 1.93. The number of halogens is 3. The molecule has 8 heteroatoms. The Bertz CT molecular complexity index is 874. The second-order valence-corrected chi connectivity index (χ2v) is 9.01. The highest BCUT2D eigenvalue weighted by molar-refractivity contribution is 14.1. The molecule has 0 atom stereocenters. The molecule has 1 aromatic carbocycles. The van der Waals surface area contributed by atoms with Crippen LogP contribution in [0.5, 0.6) is 5.75 Å². The van der Waals surface area contributed by atoms with Crippen LogP contribution < -0.4 is 4.74 Å². The van der Waals surface area contributed by atoms with E-state index < -0.39 is 5.60 Å². The number of rotatable bonds is 2. The molecule has 0 bridgehead atoms. The first-order valence-corrected chi connectivity index (χ1v) is 10.3. The average molecular weight is 511 g/mol. The van der Waals surface area contributed by atoms with Crippen molar-refractivity contribution in [1.82, 2.24) is 9.47 Å². The number of benzene rings is 1. The lowest BCUT2D eigenvalue weighted by molar-refractivity contribution is 0.0200. The lowest BCUT2D eigenvalue weighted by atomic mass is 10.2. The SMILES string of the molecule is CCOc1cc(Cl)c(Cl)c2c1c(I)c1n2CCN(C(=O)OC(C)(C)C)C1. The van der Waals surface area contributed by atoms with Gasteiger partial charge in [0, 0.05) is 22.7 Å². The van der Waals surface area contributed by atoms with E-state index in [1.807, 2.05) is 27.7 Å². The van der Waals surface area contributed by atoms with Gasteiger partial charge in [0.25, 0.3) is 0 Å². The van der Waals surface area contributed by atoms with Crippen molar-refractivity contribution in [3.05, 3.63) is 25.4 Å². The van der Waals surface area contributed by atoms with Crippen molar-refractivity contribution in [2.24, 2.45) is 0 Å². The van der Waals surface area contributed by atoms with E-state index in [2.05, 4.69) is 27.2 Å². The van der Waals surface area contributed by atoms with Gasteiger partial charge in [-0.25, -0.2) is 4.79 Å². The summed E-state index contributed by atoms with van der Waals surface area (Å²) in [6, 6.07) is 1.76. The number of amides is 1. The molecule has 0 N–H and O–H groups in total. The maximum absolute atomic E-state index is 12.5. The van der Waals surface area contributed by atoms with Crippen molar-refractivity contribution in [3.8, 4) is 5.75 Å². The number of hydrogen-bond donors (Lipinski definition) is 0. The summed E-state index contributed by atoms with van der Waals surface area (Å²) < 4.78 is 14.5. The van der Waals surface area contributed by atoms with Gasteiger partial charge in [0.05, 0.1) is 39.8 Å². The molecule has 142 valence electrons. The first-order chi connectivity index (χ1) is 12.1. The van der Waals surface area contributed by atoms with Crippen LogP contribution in [0.25, 0.3) is 10.9 Å². The topological polar surface area (TPSA) is 43.7 Å². The molecule has 26 heavy (non-hydrogen) atoms. The van der Waals surface area contributed by atoms with Gasteiger partial charge in [-0.3, -0.25) is 0 Å². The van der Waals surface area contributed by atoms with Crippen LogP contribution in [0.1, 0.15) is 33.4 Å². The molecule has 2 aromatic rings. The summed E-state index contributed by atoms with van der Waals surface area (Å²) in [6.45, 7) is 9.70. The number of aromatic nitrogens is 1. The molecule has 3 rings (SSSR count). The molecule has 0 saturated heterocycles. The Labute approximate surface area is 176 Å². The van der Waals surface area contributed by atoms with Crippen molar-refractivity contribution in [2.75, 3.05) is 13.2 Å². The zero-order chi connectivity index (χ0) is 19.2. The molecule has 5 nitrogen and oxygen atoms in total. The third-order valence-corrected chi connectivity index (χ3v) is 6.05. The average Bonchev–Trinajstić information content (AvgIpc) is 2.84. The Kier molecular flexibility index (Phi) is 5.57. The Morgan fingerprint density at radius 2 is 2.00 bits per heavy atom. The van der Waals surface area contributed by atoms with Gasteiger partial charge in [0.2, 0.25) is 0 Å². The fourth-order valence-electron chi connectivity index (χ4n) is 3.09. The van der Waals surface area contributed by atoms with Crippen LogP contribution in [-0.2, 0) is 17.8 Å². The molecule has 1 aliphatic heterocycles. The van der Waals surface area contributed by atoms with Crippen molar-refractivity contribution < 1.29 is 14.3 Å². The first-order valence-electron chi connectivity index (χ1n) is 8.43. The van der Waals surface area contributed by atoms with E-state index >= 15 is 0 Å². The molecule has 1 aliphatic rings. The minimum atomic E-state index is -0.520. The van der Waals surface area contributed by atoms with Crippen LogP contribution in [0.3, 0.4) is 0 Å². The Morgan fingerprint density at radius 1 is 1.31 bits per heavy atom. The number of hydrogen-bond acceptors (Lipinski definition) is 3. The second kappa shape index (κ2) is 7.28. The van der Waals surface area contributed by atoms with Crippen molar-refractivity contribution >= 4 is 62.8 Å². The van der Waals surface area contributed by atoms with E-state index in [1.54, 1.807) is 11.0 Å². The highest BCUT2D eigenvalue weighted by atomic mass is 127. The maximum Gasteiger partial charge on any atom is 0.410 e. The molecule has 0 saturated carbocycles. The molecular weight excluding hydrogens is 490 g/mol. The van der Waals surface area contributed by atoms with E-state index in [9.17, 15) is 4.79 Å². The standard InChI is InChI=1S/C18H21Cl2IN2O3/c1-5-25-12-8-10(19)14(20)16-13(12)15(21)11-9-22(6-7-23(11)16)17(24)26-18(2,3)4/h8H,5-7,9H2,1-4H3. The molecule has 0 spiro atoms. The highest BCUT2D eigenvalue weighted by Gasteiger charge is 2.31. The van der Waals surface area contributed by atoms with E-state index in [1.165, 1.54) is 0 Å². The predicted octanol–water partition coefficient (Wildman–Crippen LogP) is 5.70. The lowest BCUT2D eigenvalue weighted by Crippen LogP contribution is -2.41.